The van der Waals surface area contributed by atoms with Crippen LogP contribution in [-0.2, 0) is 0 Å². The van der Waals surface area contributed by atoms with Crippen molar-refractivity contribution in [2.45, 2.75) is 37.6 Å². The summed E-state index contributed by atoms with van der Waals surface area (Å²) in [5.41, 5.74) is 1.56. The van der Waals surface area contributed by atoms with Gasteiger partial charge < -0.3 is 10.6 Å². The summed E-state index contributed by atoms with van der Waals surface area (Å²) in [6, 6.07) is 0. The smallest absolute Gasteiger partial charge is 0.0358 e. The van der Waals surface area contributed by atoms with E-state index in [1.807, 2.05) is 0 Å². The van der Waals surface area contributed by atoms with Crippen LogP contribution in [0.15, 0.2) is 12.3 Å². The average Bonchev–Trinajstić information content (AvgIpc) is 2.13. The van der Waals surface area contributed by atoms with E-state index in [0.29, 0.717) is 5.54 Å². The van der Waals surface area contributed by atoms with E-state index in [9.17, 15) is 0 Å². The van der Waals surface area contributed by atoms with Crippen molar-refractivity contribution >= 4 is 0 Å². The molecule has 2 N–H and O–H groups in total. The molecule has 2 fully saturated rings. The van der Waals surface area contributed by atoms with Gasteiger partial charge in [0.2, 0.25) is 0 Å². The Morgan fingerprint density at radius 1 is 1.17 bits per heavy atom. The van der Waals surface area contributed by atoms with Gasteiger partial charge in [-0.2, -0.15) is 0 Å². The Morgan fingerprint density at radius 2 is 1.92 bits per heavy atom. The fraction of sp³-hybridized carbons (Fsp3) is 0.800. The Bertz CT molecular complexity index is 168. The van der Waals surface area contributed by atoms with Crippen LogP contribution in [0.5, 0.6) is 0 Å². The fourth-order valence-corrected chi connectivity index (χ4v) is 2.30. The number of hydrogen-bond acceptors (Lipinski definition) is 2. The summed E-state index contributed by atoms with van der Waals surface area (Å²) < 4.78 is 0. The Balaban J connectivity index is 1.96. The van der Waals surface area contributed by atoms with Crippen LogP contribution >= 0.6 is 0 Å². The molecule has 0 unspecified atom stereocenters. The molecule has 0 amide bonds. The number of hydrogen-bond donors (Lipinski definition) is 2. The monoisotopic (exact) mass is 166 g/mol. The van der Waals surface area contributed by atoms with Gasteiger partial charge in [-0.25, -0.2) is 0 Å². The molecule has 1 saturated carbocycles. The highest BCUT2D eigenvalue weighted by molar-refractivity contribution is 5.07. The van der Waals surface area contributed by atoms with Gasteiger partial charge in [-0.3, -0.25) is 0 Å². The minimum absolute atomic E-state index is 0.416. The van der Waals surface area contributed by atoms with E-state index in [1.165, 1.54) is 32.1 Å². The van der Waals surface area contributed by atoms with Crippen molar-refractivity contribution in [3.05, 3.63) is 12.3 Å². The summed E-state index contributed by atoms with van der Waals surface area (Å²) in [5.74, 6) is 0. The summed E-state index contributed by atoms with van der Waals surface area (Å²) in [4.78, 5) is 0. The van der Waals surface area contributed by atoms with Gasteiger partial charge in [-0.05, 0) is 12.8 Å². The highest BCUT2D eigenvalue weighted by Gasteiger charge is 2.33. The standard InChI is InChI=1S/C10H18N2/c1-9-7-12-10(8-11-9)5-3-2-4-6-10/h11-12H,1-8H2. The van der Waals surface area contributed by atoms with Crippen molar-refractivity contribution in [3.8, 4) is 0 Å². The molecule has 0 atom stereocenters. The molecule has 12 heavy (non-hydrogen) atoms. The van der Waals surface area contributed by atoms with Gasteiger partial charge in [-0.15, -0.1) is 0 Å². The molecular weight excluding hydrogens is 148 g/mol. The van der Waals surface area contributed by atoms with Crippen LogP contribution in [0.25, 0.3) is 0 Å². The van der Waals surface area contributed by atoms with Crippen molar-refractivity contribution < 1.29 is 0 Å². The molecule has 0 bridgehead atoms. The van der Waals surface area contributed by atoms with E-state index < -0.39 is 0 Å². The lowest BCUT2D eigenvalue weighted by molar-refractivity contribution is 0.214. The second-order valence-electron chi connectivity index (χ2n) is 4.15. The molecule has 0 radical (unpaired) electrons. The summed E-state index contributed by atoms with van der Waals surface area (Å²) in [6.45, 7) is 5.97. The molecule has 1 aliphatic carbocycles. The third kappa shape index (κ3) is 1.48. The Labute approximate surface area is 74.4 Å². The lowest BCUT2D eigenvalue weighted by atomic mass is 9.80. The van der Waals surface area contributed by atoms with Crippen molar-refractivity contribution in [3.63, 3.8) is 0 Å². The average molecular weight is 166 g/mol. The zero-order chi connectivity index (χ0) is 8.44. The van der Waals surface area contributed by atoms with Crippen LogP contribution in [0.1, 0.15) is 32.1 Å². The number of rotatable bonds is 0. The zero-order valence-corrected chi connectivity index (χ0v) is 7.66. The maximum Gasteiger partial charge on any atom is 0.0358 e. The first-order chi connectivity index (χ1) is 5.81. The van der Waals surface area contributed by atoms with Crippen molar-refractivity contribution in [2.24, 2.45) is 0 Å². The van der Waals surface area contributed by atoms with Crippen LogP contribution in [0.4, 0.5) is 0 Å². The topological polar surface area (TPSA) is 24.1 Å². The third-order valence-corrected chi connectivity index (χ3v) is 3.16. The number of piperazine rings is 1. The summed E-state index contributed by atoms with van der Waals surface area (Å²) >= 11 is 0. The maximum absolute atomic E-state index is 3.92. The molecule has 2 rings (SSSR count). The van der Waals surface area contributed by atoms with Crippen molar-refractivity contribution in [1.82, 2.24) is 10.6 Å². The van der Waals surface area contributed by atoms with E-state index in [-0.39, 0.29) is 0 Å². The lowest BCUT2D eigenvalue weighted by Gasteiger charge is -2.42. The molecule has 2 aliphatic rings. The third-order valence-electron chi connectivity index (χ3n) is 3.16. The fourth-order valence-electron chi connectivity index (χ4n) is 2.30. The van der Waals surface area contributed by atoms with E-state index in [1.54, 1.807) is 0 Å². The summed E-state index contributed by atoms with van der Waals surface area (Å²) in [7, 11) is 0. The van der Waals surface area contributed by atoms with Crippen molar-refractivity contribution in [1.29, 1.82) is 0 Å². The Hall–Kier alpha value is -0.500. The van der Waals surface area contributed by atoms with Crippen LogP contribution in [-0.4, -0.2) is 18.6 Å². The van der Waals surface area contributed by atoms with Gasteiger partial charge in [0.15, 0.2) is 0 Å². The predicted octanol–water partition coefficient (Wildman–Crippen LogP) is 1.40. The summed E-state index contributed by atoms with van der Waals surface area (Å²) in [6.07, 6.45) is 6.88. The zero-order valence-electron chi connectivity index (χ0n) is 7.66. The second-order valence-corrected chi connectivity index (χ2v) is 4.15. The van der Waals surface area contributed by atoms with Crippen molar-refractivity contribution in [2.75, 3.05) is 13.1 Å². The lowest BCUT2D eigenvalue weighted by Crippen LogP contribution is -2.58. The van der Waals surface area contributed by atoms with Gasteiger partial charge in [0.1, 0.15) is 0 Å². The van der Waals surface area contributed by atoms with Crippen LogP contribution < -0.4 is 10.6 Å². The normalized spacial score (nSPS) is 28.5. The molecule has 2 heteroatoms. The maximum atomic E-state index is 3.92. The molecular formula is C10H18N2. The van der Waals surface area contributed by atoms with Gasteiger partial charge in [0.05, 0.1) is 0 Å². The van der Waals surface area contributed by atoms with E-state index >= 15 is 0 Å². The molecule has 1 saturated heterocycles. The van der Waals surface area contributed by atoms with Crippen LogP contribution in [0.3, 0.4) is 0 Å². The molecule has 0 aromatic heterocycles. The minimum atomic E-state index is 0.416. The first kappa shape index (κ1) is 8.11. The molecule has 1 aliphatic heterocycles. The van der Waals surface area contributed by atoms with Gasteiger partial charge in [0, 0.05) is 24.3 Å². The molecule has 1 spiro atoms. The quantitative estimate of drug-likeness (QED) is 0.568. The predicted molar refractivity (Wildman–Crippen MR) is 51.0 cm³/mol. The first-order valence-electron chi connectivity index (χ1n) is 4.97. The highest BCUT2D eigenvalue weighted by Crippen LogP contribution is 2.29. The number of nitrogens with one attached hydrogen (secondary N) is 2. The van der Waals surface area contributed by atoms with E-state index in [0.717, 1.165) is 18.8 Å². The summed E-state index contributed by atoms with van der Waals surface area (Å²) in [5, 5.41) is 7.01. The highest BCUT2D eigenvalue weighted by atomic mass is 15.1. The first-order valence-corrected chi connectivity index (χ1v) is 4.97. The largest absolute Gasteiger partial charge is 0.386 e. The van der Waals surface area contributed by atoms with E-state index in [2.05, 4.69) is 17.2 Å². The van der Waals surface area contributed by atoms with Gasteiger partial charge in [-0.1, -0.05) is 25.8 Å². The minimum Gasteiger partial charge on any atom is -0.386 e. The van der Waals surface area contributed by atoms with Gasteiger partial charge in [0.25, 0.3) is 0 Å². The Kier molecular flexibility index (Phi) is 2.09. The van der Waals surface area contributed by atoms with Crippen LogP contribution in [0, 0.1) is 0 Å². The SMILES string of the molecule is C=C1CNC2(CCCCC2)CN1. The second kappa shape index (κ2) is 3.09. The van der Waals surface area contributed by atoms with Gasteiger partial charge >= 0.3 is 0 Å². The molecule has 68 valence electrons. The molecule has 1 heterocycles. The molecule has 2 nitrogen and oxygen atoms in total. The molecule has 0 aromatic rings. The molecule has 0 aromatic carbocycles. The van der Waals surface area contributed by atoms with E-state index in [4.69, 9.17) is 0 Å². The van der Waals surface area contributed by atoms with Crippen LogP contribution in [0.2, 0.25) is 0 Å². The Morgan fingerprint density at radius 3 is 2.50 bits per heavy atom.